The van der Waals surface area contributed by atoms with Crippen molar-refractivity contribution in [3.05, 3.63) is 28.8 Å². The van der Waals surface area contributed by atoms with Gasteiger partial charge < -0.3 is 10.5 Å². The standard InChI is InChI=1S/C11H12ClNO3/c1-16-11(15)5-4-10(14)8-3-2-7(12)6-9(8)13/h2-3,6H,4-5,13H2,1H3. The van der Waals surface area contributed by atoms with Gasteiger partial charge in [-0.15, -0.1) is 0 Å². The minimum absolute atomic E-state index is 0.0530. The molecule has 5 heteroatoms. The number of halogens is 1. The lowest BCUT2D eigenvalue weighted by atomic mass is 10.0. The molecule has 0 amide bonds. The fourth-order valence-corrected chi connectivity index (χ4v) is 1.42. The van der Waals surface area contributed by atoms with Gasteiger partial charge in [-0.05, 0) is 18.2 Å². The Morgan fingerprint density at radius 2 is 2.06 bits per heavy atom. The predicted molar refractivity (Wildman–Crippen MR) is 61.4 cm³/mol. The number of hydrogen-bond acceptors (Lipinski definition) is 4. The van der Waals surface area contributed by atoms with Crippen LogP contribution in [0.5, 0.6) is 0 Å². The number of esters is 1. The molecule has 16 heavy (non-hydrogen) atoms. The van der Waals surface area contributed by atoms with Crippen LogP contribution in [0.4, 0.5) is 5.69 Å². The molecule has 0 radical (unpaired) electrons. The van der Waals surface area contributed by atoms with Gasteiger partial charge in [-0.3, -0.25) is 9.59 Å². The number of carbonyl (C=O) groups excluding carboxylic acids is 2. The monoisotopic (exact) mass is 241 g/mol. The number of methoxy groups -OCH3 is 1. The molecule has 0 aromatic heterocycles. The molecule has 0 unspecified atom stereocenters. The maximum absolute atomic E-state index is 11.7. The number of benzene rings is 1. The highest BCUT2D eigenvalue weighted by molar-refractivity contribution is 6.31. The van der Waals surface area contributed by atoms with Crippen molar-refractivity contribution in [2.75, 3.05) is 12.8 Å². The van der Waals surface area contributed by atoms with Crippen molar-refractivity contribution in [3.63, 3.8) is 0 Å². The van der Waals surface area contributed by atoms with Gasteiger partial charge in [-0.2, -0.15) is 0 Å². The molecule has 86 valence electrons. The average Bonchev–Trinajstić information content (AvgIpc) is 2.25. The van der Waals surface area contributed by atoms with Crippen molar-refractivity contribution >= 4 is 29.0 Å². The number of carbonyl (C=O) groups is 2. The van der Waals surface area contributed by atoms with Crippen molar-refractivity contribution in [1.29, 1.82) is 0 Å². The summed E-state index contributed by atoms with van der Waals surface area (Å²) in [6, 6.07) is 4.65. The third kappa shape index (κ3) is 3.24. The molecule has 0 saturated carbocycles. The van der Waals surface area contributed by atoms with E-state index >= 15 is 0 Å². The Morgan fingerprint density at radius 1 is 1.38 bits per heavy atom. The Labute approximate surface area is 98.3 Å². The minimum Gasteiger partial charge on any atom is -0.469 e. The fraction of sp³-hybridized carbons (Fsp3) is 0.273. The summed E-state index contributed by atoms with van der Waals surface area (Å²) in [5.41, 5.74) is 6.34. The van der Waals surface area contributed by atoms with Gasteiger partial charge in [0.2, 0.25) is 0 Å². The predicted octanol–water partition coefficient (Wildman–Crippen LogP) is 2.06. The van der Waals surface area contributed by atoms with Crippen molar-refractivity contribution < 1.29 is 14.3 Å². The number of nitrogens with two attached hydrogens (primary N) is 1. The van der Waals surface area contributed by atoms with Gasteiger partial charge in [0.05, 0.1) is 13.5 Å². The summed E-state index contributed by atoms with van der Waals surface area (Å²) >= 11 is 5.71. The largest absolute Gasteiger partial charge is 0.469 e. The van der Waals surface area contributed by atoms with Gasteiger partial charge in [-0.1, -0.05) is 11.6 Å². The molecule has 0 fully saturated rings. The van der Waals surface area contributed by atoms with E-state index < -0.39 is 5.97 Å². The van der Waals surface area contributed by atoms with Gasteiger partial charge in [0.15, 0.2) is 5.78 Å². The second-order valence-electron chi connectivity index (χ2n) is 3.23. The number of ketones is 1. The highest BCUT2D eigenvalue weighted by Gasteiger charge is 2.12. The molecule has 0 bridgehead atoms. The van der Waals surface area contributed by atoms with Gasteiger partial charge in [0.25, 0.3) is 0 Å². The SMILES string of the molecule is COC(=O)CCC(=O)c1ccc(Cl)cc1N. The molecule has 0 aliphatic heterocycles. The average molecular weight is 242 g/mol. The normalized spacial score (nSPS) is 9.88. The molecule has 2 N–H and O–H groups in total. The van der Waals surface area contributed by atoms with Gasteiger partial charge >= 0.3 is 5.97 Å². The zero-order valence-electron chi connectivity index (χ0n) is 8.83. The molecule has 4 nitrogen and oxygen atoms in total. The summed E-state index contributed by atoms with van der Waals surface area (Å²) in [6.45, 7) is 0. The number of Topliss-reactive ketones (excluding diaryl/α,β-unsaturated/α-hetero) is 1. The van der Waals surface area contributed by atoms with Crippen LogP contribution in [-0.4, -0.2) is 18.9 Å². The Hall–Kier alpha value is -1.55. The van der Waals surface area contributed by atoms with Crippen LogP contribution in [0.15, 0.2) is 18.2 Å². The Balaban J connectivity index is 2.70. The molecule has 0 atom stereocenters. The summed E-state index contributed by atoms with van der Waals surface area (Å²) in [5.74, 6) is -0.611. The number of ether oxygens (including phenoxy) is 1. The summed E-state index contributed by atoms with van der Waals surface area (Å²) in [6.07, 6.45) is 0.135. The van der Waals surface area contributed by atoms with E-state index in [1.165, 1.54) is 13.2 Å². The molecule has 1 aromatic carbocycles. The molecule has 1 aromatic rings. The Kier molecular flexibility index (Phi) is 4.31. The smallest absolute Gasteiger partial charge is 0.305 e. The molecule has 0 aliphatic carbocycles. The van der Waals surface area contributed by atoms with E-state index in [4.69, 9.17) is 17.3 Å². The van der Waals surface area contributed by atoms with Crippen LogP contribution >= 0.6 is 11.6 Å². The van der Waals surface area contributed by atoms with E-state index in [2.05, 4.69) is 4.74 Å². The van der Waals surface area contributed by atoms with E-state index in [1.54, 1.807) is 12.1 Å². The van der Waals surface area contributed by atoms with Gasteiger partial charge in [0, 0.05) is 22.7 Å². The lowest BCUT2D eigenvalue weighted by Crippen LogP contribution is -2.08. The zero-order valence-corrected chi connectivity index (χ0v) is 9.58. The Morgan fingerprint density at radius 3 is 2.62 bits per heavy atom. The first-order chi connectivity index (χ1) is 7.54. The highest BCUT2D eigenvalue weighted by Crippen LogP contribution is 2.19. The van der Waals surface area contributed by atoms with E-state index in [1.807, 2.05) is 0 Å². The summed E-state index contributed by atoms with van der Waals surface area (Å²) < 4.78 is 4.44. The molecule has 0 heterocycles. The van der Waals surface area contributed by atoms with Crippen molar-refractivity contribution in [2.45, 2.75) is 12.8 Å². The van der Waals surface area contributed by atoms with Crippen molar-refractivity contribution in [1.82, 2.24) is 0 Å². The van der Waals surface area contributed by atoms with Crippen LogP contribution in [0.25, 0.3) is 0 Å². The molecular formula is C11H12ClNO3. The maximum Gasteiger partial charge on any atom is 0.305 e. The molecule has 0 saturated heterocycles. The summed E-state index contributed by atoms with van der Waals surface area (Å²) in [7, 11) is 1.28. The van der Waals surface area contributed by atoms with E-state index in [0.717, 1.165) is 0 Å². The van der Waals surface area contributed by atoms with E-state index in [9.17, 15) is 9.59 Å². The third-order valence-corrected chi connectivity index (χ3v) is 2.33. The second-order valence-corrected chi connectivity index (χ2v) is 3.67. The van der Waals surface area contributed by atoms with E-state index in [-0.39, 0.29) is 18.6 Å². The number of anilines is 1. The second kappa shape index (κ2) is 5.51. The van der Waals surface area contributed by atoms with Crippen LogP contribution < -0.4 is 5.73 Å². The summed E-state index contributed by atoms with van der Waals surface area (Å²) in [5, 5.41) is 0.474. The van der Waals surface area contributed by atoms with Crippen LogP contribution in [0.1, 0.15) is 23.2 Å². The number of rotatable bonds is 4. The van der Waals surface area contributed by atoms with Gasteiger partial charge in [0.1, 0.15) is 0 Å². The van der Waals surface area contributed by atoms with Crippen molar-refractivity contribution in [2.24, 2.45) is 0 Å². The minimum atomic E-state index is -0.416. The quantitative estimate of drug-likeness (QED) is 0.498. The first-order valence-corrected chi connectivity index (χ1v) is 5.07. The maximum atomic E-state index is 11.7. The van der Waals surface area contributed by atoms with Crippen LogP contribution in [0.2, 0.25) is 5.02 Å². The molecule has 0 spiro atoms. The number of nitrogen functional groups attached to an aromatic ring is 1. The highest BCUT2D eigenvalue weighted by atomic mass is 35.5. The van der Waals surface area contributed by atoms with Crippen LogP contribution in [-0.2, 0) is 9.53 Å². The summed E-state index contributed by atoms with van der Waals surface area (Å²) in [4.78, 5) is 22.5. The first-order valence-electron chi connectivity index (χ1n) is 4.69. The molecule has 0 aliphatic rings. The topological polar surface area (TPSA) is 69.4 Å². The fourth-order valence-electron chi connectivity index (χ4n) is 1.24. The lowest BCUT2D eigenvalue weighted by Gasteiger charge is -2.04. The lowest BCUT2D eigenvalue weighted by molar-refractivity contribution is -0.140. The zero-order chi connectivity index (χ0) is 12.1. The van der Waals surface area contributed by atoms with Crippen LogP contribution in [0, 0.1) is 0 Å². The van der Waals surface area contributed by atoms with Gasteiger partial charge in [-0.25, -0.2) is 0 Å². The Bertz CT molecular complexity index is 418. The van der Waals surface area contributed by atoms with E-state index in [0.29, 0.717) is 16.3 Å². The first kappa shape index (κ1) is 12.5. The third-order valence-electron chi connectivity index (χ3n) is 2.10. The van der Waals surface area contributed by atoms with Crippen molar-refractivity contribution in [3.8, 4) is 0 Å². The molecule has 1 rings (SSSR count). The number of hydrogen-bond donors (Lipinski definition) is 1. The molecular weight excluding hydrogens is 230 g/mol. The van der Waals surface area contributed by atoms with Crippen LogP contribution in [0.3, 0.4) is 0 Å².